The Balaban J connectivity index is -0.0000000554. The summed E-state index contributed by atoms with van der Waals surface area (Å²) in [5, 5.41) is 16.1. The first kappa shape index (κ1) is 31.0. The monoisotopic (exact) mass is 292 g/mol. The van der Waals surface area contributed by atoms with Gasteiger partial charge in [-0.25, -0.2) is 0 Å². The van der Waals surface area contributed by atoms with E-state index in [-0.39, 0.29) is 0 Å². The number of carbonyl (C=O) groups is 2. The molecule has 0 aromatic heterocycles. The van der Waals surface area contributed by atoms with E-state index < -0.39 is 11.9 Å². The molecule has 0 amide bonds. The highest BCUT2D eigenvalue weighted by atomic mass is 16.4. The van der Waals surface area contributed by atoms with Crippen molar-refractivity contribution < 1.29 is 19.8 Å². The predicted molar refractivity (Wildman–Crippen MR) is 84.4 cm³/mol. The van der Waals surface area contributed by atoms with Crippen LogP contribution >= 0.6 is 0 Å². The van der Waals surface area contributed by atoms with Gasteiger partial charge >= 0.3 is 11.9 Å². The van der Waals surface area contributed by atoms with Crippen LogP contribution in [0.3, 0.4) is 0 Å². The van der Waals surface area contributed by atoms with Crippen molar-refractivity contribution >= 4 is 11.9 Å². The molecule has 0 aliphatic heterocycles. The molecule has 0 spiro atoms. The van der Waals surface area contributed by atoms with E-state index in [1.807, 2.05) is 20.8 Å². The van der Waals surface area contributed by atoms with E-state index in [1.165, 1.54) is 14.1 Å². The van der Waals surface area contributed by atoms with Crippen LogP contribution in [-0.4, -0.2) is 36.2 Å². The van der Waals surface area contributed by atoms with Gasteiger partial charge in [0.25, 0.3) is 0 Å². The van der Waals surface area contributed by atoms with Crippen LogP contribution in [0.4, 0.5) is 0 Å². The number of hydrogen-bond donors (Lipinski definition) is 4. The Kier molecular flexibility index (Phi) is 55.9. The second-order valence-electron chi connectivity index (χ2n) is 3.47. The topological polar surface area (TPSA) is 127 Å². The van der Waals surface area contributed by atoms with Gasteiger partial charge in [-0.2, -0.15) is 0 Å². The summed E-state index contributed by atoms with van der Waals surface area (Å²) < 4.78 is 0. The van der Waals surface area contributed by atoms with E-state index in [0.29, 0.717) is 18.8 Å². The van der Waals surface area contributed by atoms with Crippen molar-refractivity contribution in [2.45, 2.75) is 46.5 Å². The van der Waals surface area contributed by atoms with E-state index in [9.17, 15) is 9.59 Å². The van der Waals surface area contributed by atoms with Crippen molar-refractivity contribution in [2.75, 3.05) is 14.1 Å². The fourth-order valence-corrected chi connectivity index (χ4v) is 0.626. The van der Waals surface area contributed by atoms with Crippen LogP contribution in [-0.2, 0) is 9.59 Å². The molecular weight excluding hydrogens is 260 g/mol. The molecule has 0 rings (SSSR count). The van der Waals surface area contributed by atoms with Gasteiger partial charge in [-0.3, -0.25) is 9.59 Å². The molecular formula is C14H32N2O4. The molecule has 6 N–H and O–H groups in total. The highest BCUT2D eigenvalue weighted by Crippen LogP contribution is 2.01. The largest absolute Gasteiger partial charge is 0.481 e. The maximum atomic E-state index is 9.90. The van der Waals surface area contributed by atoms with Crippen LogP contribution < -0.4 is 11.5 Å². The molecule has 0 aliphatic carbocycles. The van der Waals surface area contributed by atoms with Gasteiger partial charge in [-0.1, -0.05) is 20.8 Å². The predicted octanol–water partition coefficient (Wildman–Crippen LogP) is 1.78. The minimum Gasteiger partial charge on any atom is -0.481 e. The number of hydrogen-bond acceptors (Lipinski definition) is 4. The Bertz CT molecular complexity index is 205. The molecule has 0 radical (unpaired) electrons. The van der Waals surface area contributed by atoms with Crippen molar-refractivity contribution in [3.8, 4) is 12.8 Å². The normalized spacial score (nSPS) is 7.10. The fourth-order valence-electron chi connectivity index (χ4n) is 0.626. The molecule has 0 saturated carbocycles. The first-order valence-electron chi connectivity index (χ1n) is 6.32. The Labute approximate surface area is 123 Å². The van der Waals surface area contributed by atoms with E-state index in [4.69, 9.17) is 10.2 Å². The summed E-state index contributed by atoms with van der Waals surface area (Å²) in [4.78, 5) is 19.5. The van der Waals surface area contributed by atoms with Crippen LogP contribution in [0.5, 0.6) is 0 Å². The minimum absolute atomic E-state index is 0.292. The van der Waals surface area contributed by atoms with Gasteiger partial charge < -0.3 is 21.7 Å². The Morgan fingerprint density at radius 1 is 0.950 bits per heavy atom. The minimum atomic E-state index is -0.711. The van der Waals surface area contributed by atoms with Crippen LogP contribution in [0.25, 0.3) is 0 Å². The lowest BCUT2D eigenvalue weighted by Gasteiger charge is -1.97. The first-order chi connectivity index (χ1) is 9.40. The van der Waals surface area contributed by atoms with Gasteiger partial charge in [-0.05, 0) is 32.9 Å². The molecule has 0 heterocycles. The van der Waals surface area contributed by atoms with Crippen molar-refractivity contribution in [3.05, 3.63) is 0 Å². The molecule has 0 aromatic carbocycles. The second kappa shape index (κ2) is 36.0. The summed E-state index contributed by atoms with van der Waals surface area (Å²) in [5.41, 5.74) is 9.00. The third-order valence-electron chi connectivity index (χ3n) is 1.40. The molecule has 6 heteroatoms. The van der Waals surface area contributed by atoms with Crippen molar-refractivity contribution in [2.24, 2.45) is 17.4 Å². The molecule has 0 fully saturated rings. The van der Waals surface area contributed by atoms with Crippen LogP contribution in [0, 0.1) is 18.8 Å². The number of carboxylic acid groups (broad SMARTS) is 2. The van der Waals surface area contributed by atoms with Crippen LogP contribution in [0.2, 0.25) is 0 Å². The van der Waals surface area contributed by atoms with Crippen molar-refractivity contribution in [1.29, 1.82) is 0 Å². The van der Waals surface area contributed by atoms with Crippen molar-refractivity contribution in [3.63, 3.8) is 0 Å². The number of rotatable bonds is 5. The molecule has 0 saturated heterocycles. The molecule has 0 aliphatic rings. The third kappa shape index (κ3) is 94.7. The number of aliphatic carboxylic acids is 2. The lowest BCUT2D eigenvalue weighted by Crippen LogP contribution is -1.97. The average molecular weight is 292 g/mol. The summed E-state index contributed by atoms with van der Waals surface area (Å²) in [6.07, 6.45) is 10.1. The zero-order valence-corrected chi connectivity index (χ0v) is 13.4. The van der Waals surface area contributed by atoms with Crippen molar-refractivity contribution in [1.82, 2.24) is 0 Å². The van der Waals surface area contributed by atoms with Crippen LogP contribution in [0.1, 0.15) is 46.5 Å². The number of nitrogens with two attached hydrogens (primary N) is 2. The van der Waals surface area contributed by atoms with E-state index in [1.54, 1.807) is 0 Å². The molecule has 122 valence electrons. The maximum absolute atomic E-state index is 9.90. The van der Waals surface area contributed by atoms with Gasteiger partial charge in [0.05, 0.1) is 0 Å². The fraction of sp³-hybridized carbons (Fsp3) is 0.714. The molecule has 0 aromatic rings. The summed E-state index contributed by atoms with van der Waals surface area (Å²) in [7, 11) is 3.00. The second-order valence-corrected chi connectivity index (χ2v) is 3.47. The number of carboxylic acids is 2. The summed E-state index contributed by atoms with van der Waals surface area (Å²) in [6, 6.07) is 0. The van der Waals surface area contributed by atoms with Crippen LogP contribution in [0.15, 0.2) is 0 Å². The lowest BCUT2D eigenvalue weighted by molar-refractivity contribution is -0.138. The van der Waals surface area contributed by atoms with E-state index in [0.717, 1.165) is 12.8 Å². The lowest BCUT2D eigenvalue weighted by atomic mass is 10.1. The quantitative estimate of drug-likeness (QED) is 0.572. The Morgan fingerprint density at radius 2 is 1.25 bits per heavy atom. The van der Waals surface area contributed by atoms with E-state index in [2.05, 4.69) is 24.3 Å². The Morgan fingerprint density at radius 3 is 1.30 bits per heavy atom. The summed E-state index contributed by atoms with van der Waals surface area (Å²) >= 11 is 0. The molecule has 0 unspecified atom stereocenters. The van der Waals surface area contributed by atoms with Gasteiger partial charge in [-0.15, -0.1) is 12.8 Å². The van der Waals surface area contributed by atoms with Gasteiger partial charge in [0.1, 0.15) is 0 Å². The highest BCUT2D eigenvalue weighted by Gasteiger charge is 1.97. The SMILES string of the molecule is C#C.CC(C)CCC(=O)O.CCCC(=O)O.CN.CN. The highest BCUT2D eigenvalue weighted by molar-refractivity contribution is 5.66. The molecule has 6 nitrogen and oxygen atoms in total. The molecule has 20 heavy (non-hydrogen) atoms. The smallest absolute Gasteiger partial charge is 0.303 e. The summed E-state index contributed by atoms with van der Waals surface area (Å²) in [5.74, 6) is -0.901. The summed E-state index contributed by atoms with van der Waals surface area (Å²) in [6.45, 7) is 5.88. The Hall–Kier alpha value is -1.58. The standard InChI is InChI=1S/C6H12O2.C4H8O2.C2H2.2CH5N/c1-5(2)3-4-6(7)8;1-2-3-4(5)6;3*1-2/h5H,3-4H2,1-2H3,(H,7,8);2-3H2,1H3,(H,5,6);1-2H;2*2H2,1H3. The van der Waals surface area contributed by atoms with Gasteiger partial charge in [0.2, 0.25) is 0 Å². The maximum Gasteiger partial charge on any atom is 0.303 e. The first-order valence-corrected chi connectivity index (χ1v) is 6.32. The van der Waals surface area contributed by atoms with Gasteiger partial charge in [0, 0.05) is 12.8 Å². The number of terminal acetylenes is 1. The zero-order chi connectivity index (χ0) is 17.6. The average Bonchev–Trinajstić information content (AvgIpc) is 2.44. The van der Waals surface area contributed by atoms with Gasteiger partial charge in [0.15, 0.2) is 0 Å². The third-order valence-corrected chi connectivity index (χ3v) is 1.40. The van der Waals surface area contributed by atoms with E-state index >= 15 is 0 Å². The molecule has 0 bridgehead atoms. The molecule has 0 atom stereocenters. The zero-order valence-electron chi connectivity index (χ0n) is 13.4.